The van der Waals surface area contributed by atoms with Gasteiger partial charge in [0.25, 0.3) is 0 Å². The van der Waals surface area contributed by atoms with Gasteiger partial charge in [-0.25, -0.2) is 0 Å². The molecule has 2 unspecified atom stereocenters. The number of carbonyl (C=O) groups is 1. The second kappa shape index (κ2) is 6.83. The van der Waals surface area contributed by atoms with Crippen LogP contribution < -0.4 is 5.32 Å². The molecule has 0 aromatic rings. The van der Waals surface area contributed by atoms with Crippen LogP contribution in [0.2, 0.25) is 0 Å². The molecule has 1 aliphatic heterocycles. The summed E-state index contributed by atoms with van der Waals surface area (Å²) < 4.78 is 10.2. The van der Waals surface area contributed by atoms with Crippen molar-refractivity contribution in [3.63, 3.8) is 0 Å². The number of piperazine rings is 1. The molecule has 1 N–H and O–H groups in total. The summed E-state index contributed by atoms with van der Waals surface area (Å²) in [4.78, 5) is 13.9. The SMILES string of the molecule is COCC(C)OC(=O)C(C)N1CCNCC1. The minimum Gasteiger partial charge on any atom is -0.459 e. The first kappa shape index (κ1) is 13.4. The highest BCUT2D eigenvalue weighted by atomic mass is 16.6. The lowest BCUT2D eigenvalue weighted by atomic mass is 10.2. The summed E-state index contributed by atoms with van der Waals surface area (Å²) in [5.41, 5.74) is 0. The highest BCUT2D eigenvalue weighted by Crippen LogP contribution is 2.05. The highest BCUT2D eigenvalue weighted by molar-refractivity contribution is 5.75. The van der Waals surface area contributed by atoms with Gasteiger partial charge in [0.1, 0.15) is 12.1 Å². The van der Waals surface area contributed by atoms with E-state index in [1.54, 1.807) is 7.11 Å². The Labute approximate surface area is 97.1 Å². The zero-order valence-corrected chi connectivity index (χ0v) is 10.4. The fourth-order valence-corrected chi connectivity index (χ4v) is 1.78. The third kappa shape index (κ3) is 4.08. The van der Waals surface area contributed by atoms with Gasteiger partial charge in [0.2, 0.25) is 0 Å². The molecule has 5 nitrogen and oxygen atoms in total. The lowest BCUT2D eigenvalue weighted by molar-refractivity contribution is -0.156. The molecule has 2 atom stereocenters. The van der Waals surface area contributed by atoms with Crippen LogP contribution >= 0.6 is 0 Å². The van der Waals surface area contributed by atoms with E-state index in [0.29, 0.717) is 6.61 Å². The Hall–Kier alpha value is -0.650. The first-order chi connectivity index (χ1) is 7.65. The van der Waals surface area contributed by atoms with E-state index in [-0.39, 0.29) is 18.1 Å². The molecule has 1 saturated heterocycles. The van der Waals surface area contributed by atoms with Crippen molar-refractivity contribution in [3.05, 3.63) is 0 Å². The van der Waals surface area contributed by atoms with Gasteiger partial charge in [-0.05, 0) is 13.8 Å². The molecule has 0 amide bonds. The number of methoxy groups -OCH3 is 1. The number of nitrogens with zero attached hydrogens (tertiary/aromatic N) is 1. The van der Waals surface area contributed by atoms with Gasteiger partial charge in [0.05, 0.1) is 6.61 Å². The fraction of sp³-hybridized carbons (Fsp3) is 0.909. The van der Waals surface area contributed by atoms with E-state index < -0.39 is 0 Å². The molecule has 1 fully saturated rings. The summed E-state index contributed by atoms with van der Waals surface area (Å²) >= 11 is 0. The maximum absolute atomic E-state index is 11.8. The van der Waals surface area contributed by atoms with Crippen LogP contribution in [0.4, 0.5) is 0 Å². The first-order valence-electron chi connectivity index (χ1n) is 5.79. The monoisotopic (exact) mass is 230 g/mol. The largest absolute Gasteiger partial charge is 0.459 e. The van der Waals surface area contributed by atoms with Crippen LogP contribution in [0.3, 0.4) is 0 Å². The highest BCUT2D eigenvalue weighted by Gasteiger charge is 2.25. The average molecular weight is 230 g/mol. The average Bonchev–Trinajstić information content (AvgIpc) is 2.29. The van der Waals surface area contributed by atoms with Crippen molar-refractivity contribution in [1.29, 1.82) is 0 Å². The maximum atomic E-state index is 11.8. The van der Waals surface area contributed by atoms with Crippen molar-refractivity contribution in [2.24, 2.45) is 0 Å². The molecule has 0 bridgehead atoms. The summed E-state index contributed by atoms with van der Waals surface area (Å²) in [7, 11) is 1.60. The fourth-order valence-electron chi connectivity index (χ4n) is 1.78. The van der Waals surface area contributed by atoms with Crippen molar-refractivity contribution in [2.75, 3.05) is 39.9 Å². The lowest BCUT2D eigenvalue weighted by Gasteiger charge is -2.31. The third-order valence-electron chi connectivity index (χ3n) is 2.76. The second-order valence-electron chi connectivity index (χ2n) is 4.16. The van der Waals surface area contributed by atoms with Crippen molar-refractivity contribution >= 4 is 5.97 Å². The smallest absolute Gasteiger partial charge is 0.323 e. The van der Waals surface area contributed by atoms with E-state index in [1.165, 1.54) is 0 Å². The predicted molar refractivity (Wildman–Crippen MR) is 61.3 cm³/mol. The normalized spacial score (nSPS) is 21.4. The number of hydrogen-bond donors (Lipinski definition) is 1. The Morgan fingerprint density at radius 1 is 1.38 bits per heavy atom. The Morgan fingerprint density at radius 3 is 2.56 bits per heavy atom. The van der Waals surface area contributed by atoms with Gasteiger partial charge in [-0.2, -0.15) is 0 Å². The molecule has 5 heteroatoms. The molecule has 16 heavy (non-hydrogen) atoms. The molecule has 0 radical (unpaired) electrons. The lowest BCUT2D eigenvalue weighted by Crippen LogP contribution is -2.50. The Balaban J connectivity index is 2.34. The van der Waals surface area contributed by atoms with Gasteiger partial charge in [-0.1, -0.05) is 0 Å². The third-order valence-corrected chi connectivity index (χ3v) is 2.76. The summed E-state index contributed by atoms with van der Waals surface area (Å²) in [5, 5.41) is 3.26. The minimum absolute atomic E-state index is 0.161. The van der Waals surface area contributed by atoms with Gasteiger partial charge in [-0.15, -0.1) is 0 Å². The quantitative estimate of drug-likeness (QED) is 0.666. The number of ether oxygens (including phenoxy) is 2. The summed E-state index contributed by atoms with van der Waals surface area (Å²) in [5.74, 6) is -0.161. The molecule has 1 aliphatic rings. The van der Waals surface area contributed by atoms with Crippen molar-refractivity contribution < 1.29 is 14.3 Å². The van der Waals surface area contributed by atoms with E-state index in [1.807, 2.05) is 13.8 Å². The van der Waals surface area contributed by atoms with E-state index >= 15 is 0 Å². The molecule has 0 saturated carbocycles. The molecule has 94 valence electrons. The maximum Gasteiger partial charge on any atom is 0.323 e. The molecular weight excluding hydrogens is 208 g/mol. The van der Waals surface area contributed by atoms with E-state index in [9.17, 15) is 4.79 Å². The van der Waals surface area contributed by atoms with E-state index in [0.717, 1.165) is 26.2 Å². The van der Waals surface area contributed by atoms with Crippen molar-refractivity contribution in [2.45, 2.75) is 26.0 Å². The van der Waals surface area contributed by atoms with Crippen molar-refractivity contribution in [1.82, 2.24) is 10.2 Å². The van der Waals surface area contributed by atoms with Gasteiger partial charge in [0.15, 0.2) is 0 Å². The Morgan fingerprint density at radius 2 is 2.00 bits per heavy atom. The summed E-state index contributed by atoms with van der Waals surface area (Å²) in [6.07, 6.45) is -0.178. The van der Waals surface area contributed by atoms with Crippen molar-refractivity contribution in [3.8, 4) is 0 Å². The molecular formula is C11H22N2O3. The van der Waals surface area contributed by atoms with Crippen LogP contribution in [0.5, 0.6) is 0 Å². The van der Waals surface area contributed by atoms with E-state index in [4.69, 9.17) is 9.47 Å². The van der Waals surface area contributed by atoms with Gasteiger partial charge in [0, 0.05) is 33.3 Å². The van der Waals surface area contributed by atoms with Gasteiger partial charge in [-0.3, -0.25) is 9.69 Å². The van der Waals surface area contributed by atoms with Crippen LogP contribution in [0.25, 0.3) is 0 Å². The zero-order valence-electron chi connectivity index (χ0n) is 10.4. The molecule has 0 aromatic carbocycles. The standard InChI is InChI=1S/C11H22N2O3/c1-9(8-15-3)16-11(14)10(2)13-6-4-12-5-7-13/h9-10,12H,4-8H2,1-3H3. The zero-order chi connectivity index (χ0) is 12.0. The minimum atomic E-state index is -0.178. The summed E-state index contributed by atoms with van der Waals surface area (Å²) in [6.45, 7) is 7.85. The number of nitrogens with one attached hydrogen (secondary N) is 1. The Bertz CT molecular complexity index is 217. The number of esters is 1. The number of carbonyl (C=O) groups excluding carboxylic acids is 1. The van der Waals surface area contributed by atoms with Gasteiger partial charge < -0.3 is 14.8 Å². The molecule has 0 aliphatic carbocycles. The molecule has 0 aromatic heterocycles. The molecule has 1 heterocycles. The van der Waals surface area contributed by atoms with Crippen LogP contribution in [0.1, 0.15) is 13.8 Å². The van der Waals surface area contributed by atoms with Crippen LogP contribution in [0, 0.1) is 0 Å². The first-order valence-corrected chi connectivity index (χ1v) is 5.79. The van der Waals surface area contributed by atoms with Crippen LogP contribution in [-0.4, -0.2) is 62.9 Å². The molecule has 0 spiro atoms. The number of hydrogen-bond acceptors (Lipinski definition) is 5. The second-order valence-corrected chi connectivity index (χ2v) is 4.16. The topological polar surface area (TPSA) is 50.8 Å². The van der Waals surface area contributed by atoms with E-state index in [2.05, 4.69) is 10.2 Å². The Kier molecular flexibility index (Phi) is 5.73. The molecule has 1 rings (SSSR count). The number of rotatable bonds is 5. The summed E-state index contributed by atoms with van der Waals surface area (Å²) in [6, 6.07) is -0.165. The predicted octanol–water partition coefficient (Wildman–Crippen LogP) is -0.142. The van der Waals surface area contributed by atoms with Gasteiger partial charge >= 0.3 is 5.97 Å². The van der Waals surface area contributed by atoms with Crippen LogP contribution in [0.15, 0.2) is 0 Å². The van der Waals surface area contributed by atoms with Crippen LogP contribution in [-0.2, 0) is 14.3 Å².